The van der Waals surface area contributed by atoms with Crippen molar-refractivity contribution in [2.45, 2.75) is 25.2 Å². The van der Waals surface area contributed by atoms with Crippen molar-refractivity contribution < 1.29 is 18.7 Å². The first-order valence-electron chi connectivity index (χ1n) is 5.35. The summed E-state index contributed by atoms with van der Waals surface area (Å²) in [6, 6.07) is 2.44. The molecular weight excluding hydrogens is 294 g/mol. The number of aliphatic carboxylic acids is 1. The fourth-order valence-corrected chi connectivity index (χ4v) is 2.26. The van der Waals surface area contributed by atoms with E-state index in [2.05, 4.69) is 15.9 Å². The molecule has 1 unspecified atom stereocenters. The van der Waals surface area contributed by atoms with E-state index in [1.54, 1.807) is 0 Å². The van der Waals surface area contributed by atoms with Gasteiger partial charge < -0.3 is 5.11 Å². The molecule has 0 amide bonds. The van der Waals surface area contributed by atoms with Gasteiger partial charge in [-0.15, -0.1) is 0 Å². The molecule has 5 heteroatoms. The van der Waals surface area contributed by atoms with E-state index < -0.39 is 17.6 Å². The summed E-state index contributed by atoms with van der Waals surface area (Å²) in [5, 5.41) is 8.82. The van der Waals surface area contributed by atoms with E-state index >= 15 is 0 Å². The molecule has 0 radical (unpaired) electrons. The van der Waals surface area contributed by atoms with Crippen LogP contribution >= 0.6 is 15.9 Å². The van der Waals surface area contributed by atoms with Crippen LogP contribution < -0.4 is 0 Å². The van der Waals surface area contributed by atoms with Gasteiger partial charge in [0, 0.05) is 0 Å². The van der Waals surface area contributed by atoms with E-state index in [1.807, 2.05) is 0 Å². The Morgan fingerprint density at radius 2 is 1.94 bits per heavy atom. The minimum absolute atomic E-state index is 0.0782. The van der Waals surface area contributed by atoms with Gasteiger partial charge in [0.25, 0.3) is 0 Å². The molecule has 0 heterocycles. The number of carboxylic acid groups (broad SMARTS) is 1. The van der Waals surface area contributed by atoms with Gasteiger partial charge in [0.1, 0.15) is 11.6 Å². The molecule has 17 heavy (non-hydrogen) atoms. The Kier molecular flexibility index (Phi) is 3.47. The topological polar surface area (TPSA) is 37.3 Å². The molecule has 1 saturated carbocycles. The van der Waals surface area contributed by atoms with Crippen molar-refractivity contribution in [2.75, 3.05) is 0 Å². The Hall–Kier alpha value is -0.970. The minimum Gasteiger partial charge on any atom is -0.481 e. The largest absolute Gasteiger partial charge is 0.481 e. The molecule has 1 aromatic carbocycles. The van der Waals surface area contributed by atoms with Gasteiger partial charge in [-0.2, -0.15) is 0 Å². The molecule has 1 aromatic rings. The standard InChI is InChI=1S/C12H11BrF2O2/c13-12-9(14)3-7(4-10(12)15)8(5-11(16)17)6-1-2-6/h3-4,6,8H,1-2,5H2,(H,16,17). The monoisotopic (exact) mass is 304 g/mol. The molecule has 0 aromatic heterocycles. The van der Waals surface area contributed by atoms with Crippen LogP contribution in [-0.4, -0.2) is 11.1 Å². The molecule has 1 aliphatic carbocycles. The minimum atomic E-state index is -0.939. The van der Waals surface area contributed by atoms with Crippen molar-refractivity contribution >= 4 is 21.9 Å². The van der Waals surface area contributed by atoms with Crippen molar-refractivity contribution in [3.8, 4) is 0 Å². The second-order valence-corrected chi connectivity index (χ2v) is 5.13. The predicted octanol–water partition coefficient (Wildman–Crippen LogP) is 3.70. The van der Waals surface area contributed by atoms with Crippen molar-refractivity contribution in [2.24, 2.45) is 5.92 Å². The fourth-order valence-electron chi connectivity index (χ4n) is 2.03. The number of hydrogen-bond donors (Lipinski definition) is 1. The highest BCUT2D eigenvalue weighted by Crippen LogP contribution is 2.45. The summed E-state index contributed by atoms with van der Waals surface area (Å²) in [6.45, 7) is 0. The van der Waals surface area contributed by atoms with E-state index in [4.69, 9.17) is 5.11 Å². The highest BCUT2D eigenvalue weighted by Gasteiger charge is 2.34. The zero-order valence-corrected chi connectivity index (χ0v) is 10.5. The van der Waals surface area contributed by atoms with Crippen LogP contribution in [0.2, 0.25) is 0 Å². The first-order valence-corrected chi connectivity index (χ1v) is 6.14. The molecule has 1 fully saturated rings. The number of rotatable bonds is 4. The lowest BCUT2D eigenvalue weighted by molar-refractivity contribution is -0.137. The lowest BCUT2D eigenvalue weighted by Crippen LogP contribution is -2.09. The Labute approximate surface area is 106 Å². The van der Waals surface area contributed by atoms with E-state index in [0.717, 1.165) is 12.8 Å². The summed E-state index contributed by atoms with van der Waals surface area (Å²) in [5.74, 6) is -2.35. The zero-order valence-electron chi connectivity index (χ0n) is 8.92. The van der Waals surface area contributed by atoms with Gasteiger partial charge in [-0.05, 0) is 58.3 Å². The molecule has 0 spiro atoms. The van der Waals surface area contributed by atoms with Gasteiger partial charge >= 0.3 is 5.97 Å². The molecule has 2 nitrogen and oxygen atoms in total. The lowest BCUT2D eigenvalue weighted by Gasteiger charge is -2.15. The molecule has 2 rings (SSSR count). The second kappa shape index (κ2) is 4.72. The Balaban J connectivity index is 2.32. The van der Waals surface area contributed by atoms with Crippen molar-refractivity contribution in [1.82, 2.24) is 0 Å². The van der Waals surface area contributed by atoms with Crippen LogP contribution in [0.4, 0.5) is 8.78 Å². The van der Waals surface area contributed by atoms with Crippen LogP contribution in [0.5, 0.6) is 0 Å². The van der Waals surface area contributed by atoms with E-state index in [-0.39, 0.29) is 22.7 Å². The molecule has 0 bridgehead atoms. The maximum absolute atomic E-state index is 13.4. The maximum atomic E-state index is 13.4. The molecule has 1 N–H and O–H groups in total. The highest BCUT2D eigenvalue weighted by molar-refractivity contribution is 9.10. The van der Waals surface area contributed by atoms with E-state index in [0.29, 0.717) is 5.56 Å². The summed E-state index contributed by atoms with van der Waals surface area (Å²) in [5.41, 5.74) is 0.438. The smallest absolute Gasteiger partial charge is 0.303 e. The zero-order chi connectivity index (χ0) is 12.6. The third-order valence-electron chi connectivity index (χ3n) is 3.02. The fraction of sp³-hybridized carbons (Fsp3) is 0.417. The molecule has 1 aliphatic rings. The Morgan fingerprint density at radius 3 is 2.35 bits per heavy atom. The number of hydrogen-bond acceptors (Lipinski definition) is 1. The van der Waals surface area contributed by atoms with Gasteiger partial charge in [-0.25, -0.2) is 8.78 Å². The van der Waals surface area contributed by atoms with Gasteiger partial charge in [0.15, 0.2) is 0 Å². The molecule has 92 valence electrons. The van der Waals surface area contributed by atoms with Crippen LogP contribution in [0.3, 0.4) is 0 Å². The van der Waals surface area contributed by atoms with Crippen LogP contribution in [0, 0.1) is 17.6 Å². The quantitative estimate of drug-likeness (QED) is 0.861. The van der Waals surface area contributed by atoms with Crippen LogP contribution in [0.15, 0.2) is 16.6 Å². The second-order valence-electron chi connectivity index (χ2n) is 4.34. The van der Waals surface area contributed by atoms with Gasteiger partial charge in [-0.1, -0.05) is 0 Å². The summed E-state index contributed by atoms with van der Waals surface area (Å²) in [6.07, 6.45) is 1.78. The predicted molar refractivity (Wildman–Crippen MR) is 61.8 cm³/mol. The van der Waals surface area contributed by atoms with Crippen molar-refractivity contribution in [1.29, 1.82) is 0 Å². The molecule has 0 aliphatic heterocycles. The first kappa shape index (κ1) is 12.5. The summed E-state index contributed by atoms with van der Waals surface area (Å²) in [7, 11) is 0. The van der Waals surface area contributed by atoms with Crippen LogP contribution in [0.25, 0.3) is 0 Å². The van der Waals surface area contributed by atoms with Crippen molar-refractivity contribution in [3.05, 3.63) is 33.8 Å². The van der Waals surface area contributed by atoms with E-state index in [9.17, 15) is 13.6 Å². The first-order chi connectivity index (χ1) is 7.99. The van der Waals surface area contributed by atoms with Crippen LogP contribution in [-0.2, 0) is 4.79 Å². The average Bonchev–Trinajstić information content (AvgIpc) is 3.05. The van der Waals surface area contributed by atoms with Gasteiger partial charge in [0.05, 0.1) is 10.9 Å². The highest BCUT2D eigenvalue weighted by atomic mass is 79.9. The summed E-state index contributed by atoms with van der Waals surface area (Å²) >= 11 is 2.80. The SMILES string of the molecule is O=C(O)CC(c1cc(F)c(Br)c(F)c1)C1CC1. The number of benzene rings is 1. The molecule has 0 saturated heterocycles. The van der Waals surface area contributed by atoms with E-state index in [1.165, 1.54) is 12.1 Å². The van der Waals surface area contributed by atoms with Crippen molar-refractivity contribution in [3.63, 3.8) is 0 Å². The molecule has 1 atom stereocenters. The molecular formula is C12H11BrF2O2. The van der Waals surface area contributed by atoms with Gasteiger partial charge in [0.2, 0.25) is 0 Å². The third kappa shape index (κ3) is 2.83. The average molecular weight is 305 g/mol. The number of carboxylic acids is 1. The number of carbonyl (C=O) groups is 1. The van der Waals surface area contributed by atoms with Crippen LogP contribution in [0.1, 0.15) is 30.7 Å². The summed E-state index contributed by atoms with van der Waals surface area (Å²) < 4.78 is 26.6. The van der Waals surface area contributed by atoms with Gasteiger partial charge in [-0.3, -0.25) is 4.79 Å². The normalized spacial score (nSPS) is 16.9. The Bertz CT molecular complexity index is 435. The lowest BCUT2D eigenvalue weighted by atomic mass is 9.91. The maximum Gasteiger partial charge on any atom is 0.303 e. The number of halogens is 3. The third-order valence-corrected chi connectivity index (χ3v) is 3.78. The Morgan fingerprint density at radius 1 is 1.41 bits per heavy atom. The summed E-state index contributed by atoms with van der Waals surface area (Å²) in [4.78, 5) is 10.8.